The van der Waals surface area contributed by atoms with Gasteiger partial charge in [-0.15, -0.1) is 5.10 Å². The van der Waals surface area contributed by atoms with E-state index in [2.05, 4.69) is 15.1 Å². The normalized spacial score (nSPS) is 10.9. The first-order valence-corrected chi connectivity index (χ1v) is 4.70. The predicted octanol–water partition coefficient (Wildman–Crippen LogP) is 0.297. The van der Waals surface area contributed by atoms with Crippen LogP contribution in [0.5, 0.6) is 6.01 Å². The van der Waals surface area contributed by atoms with Crippen LogP contribution in [0.15, 0.2) is 4.79 Å². The van der Waals surface area contributed by atoms with Crippen molar-refractivity contribution in [2.24, 2.45) is 0 Å². The Morgan fingerprint density at radius 2 is 2.27 bits per heavy atom. The summed E-state index contributed by atoms with van der Waals surface area (Å²) < 4.78 is 6.52. The van der Waals surface area contributed by atoms with Crippen LogP contribution in [0.25, 0.3) is 5.78 Å². The molecule has 0 saturated heterocycles. The van der Waals surface area contributed by atoms with Crippen LogP contribution in [0.3, 0.4) is 0 Å². The molecule has 0 fully saturated rings. The quantitative estimate of drug-likeness (QED) is 0.770. The highest BCUT2D eigenvalue weighted by molar-refractivity contribution is 5.33. The van der Waals surface area contributed by atoms with Gasteiger partial charge in [-0.25, -0.2) is 0 Å². The standard InChI is InChI=1S/C9H12N4O2/c1-4-6-5(2)7(14)10-8-11-9(15-3)12-13(6)8/h4H2,1-3H3,(H,10,11,12,14). The Kier molecular flexibility index (Phi) is 2.18. The zero-order valence-corrected chi connectivity index (χ0v) is 8.87. The molecule has 0 unspecified atom stereocenters. The predicted molar refractivity (Wildman–Crippen MR) is 54.3 cm³/mol. The number of methoxy groups -OCH3 is 1. The molecule has 0 atom stereocenters. The third-order valence-electron chi connectivity index (χ3n) is 2.36. The Morgan fingerprint density at radius 3 is 2.87 bits per heavy atom. The average Bonchev–Trinajstić information content (AvgIpc) is 2.62. The van der Waals surface area contributed by atoms with Gasteiger partial charge in [-0.05, 0) is 13.3 Å². The third-order valence-corrected chi connectivity index (χ3v) is 2.36. The molecule has 2 aromatic heterocycles. The first-order chi connectivity index (χ1) is 7.17. The number of aromatic nitrogens is 4. The second kappa shape index (κ2) is 3.38. The van der Waals surface area contributed by atoms with E-state index in [-0.39, 0.29) is 11.6 Å². The van der Waals surface area contributed by atoms with Gasteiger partial charge in [0.2, 0.25) is 5.78 Å². The first-order valence-electron chi connectivity index (χ1n) is 4.70. The Morgan fingerprint density at radius 1 is 1.53 bits per heavy atom. The maximum absolute atomic E-state index is 11.5. The van der Waals surface area contributed by atoms with Gasteiger partial charge < -0.3 is 4.74 Å². The summed E-state index contributed by atoms with van der Waals surface area (Å²) in [6, 6.07) is 0.256. The summed E-state index contributed by atoms with van der Waals surface area (Å²) in [4.78, 5) is 18.2. The molecule has 2 aromatic rings. The van der Waals surface area contributed by atoms with Crippen molar-refractivity contribution in [3.8, 4) is 6.01 Å². The Labute approximate surface area is 85.9 Å². The summed E-state index contributed by atoms with van der Waals surface area (Å²) in [5, 5.41) is 4.12. The van der Waals surface area contributed by atoms with E-state index in [4.69, 9.17) is 4.74 Å². The van der Waals surface area contributed by atoms with Crippen LogP contribution in [-0.4, -0.2) is 26.7 Å². The number of H-pyrrole nitrogens is 1. The number of aromatic amines is 1. The summed E-state index contributed by atoms with van der Waals surface area (Å²) in [6.45, 7) is 3.74. The number of fused-ring (bicyclic) bond motifs is 1. The minimum atomic E-state index is -0.130. The van der Waals surface area contributed by atoms with Crippen LogP contribution < -0.4 is 10.3 Å². The van der Waals surface area contributed by atoms with Gasteiger partial charge in [0.1, 0.15) is 0 Å². The van der Waals surface area contributed by atoms with E-state index in [1.165, 1.54) is 7.11 Å². The lowest BCUT2D eigenvalue weighted by molar-refractivity contribution is 0.380. The van der Waals surface area contributed by atoms with Crippen LogP contribution in [0, 0.1) is 6.92 Å². The Balaban J connectivity index is 2.85. The maximum Gasteiger partial charge on any atom is 0.337 e. The molecule has 6 nitrogen and oxygen atoms in total. The van der Waals surface area contributed by atoms with Crippen LogP contribution in [-0.2, 0) is 6.42 Å². The number of ether oxygens (including phenoxy) is 1. The van der Waals surface area contributed by atoms with Crippen LogP contribution >= 0.6 is 0 Å². The summed E-state index contributed by atoms with van der Waals surface area (Å²) in [5.74, 6) is 0.416. The topological polar surface area (TPSA) is 72.3 Å². The summed E-state index contributed by atoms with van der Waals surface area (Å²) in [7, 11) is 1.49. The smallest absolute Gasteiger partial charge is 0.337 e. The zero-order valence-electron chi connectivity index (χ0n) is 8.87. The molecule has 1 N–H and O–H groups in total. The largest absolute Gasteiger partial charge is 0.466 e. The monoisotopic (exact) mass is 208 g/mol. The number of hydrogen-bond donors (Lipinski definition) is 1. The molecule has 80 valence electrons. The van der Waals surface area contributed by atoms with Gasteiger partial charge in [0.25, 0.3) is 5.56 Å². The molecular formula is C9H12N4O2. The van der Waals surface area contributed by atoms with Crippen molar-refractivity contribution in [2.45, 2.75) is 20.3 Å². The van der Waals surface area contributed by atoms with Crippen molar-refractivity contribution in [1.82, 2.24) is 19.6 Å². The molecule has 0 aromatic carbocycles. The molecule has 0 spiro atoms. The number of nitrogens with one attached hydrogen (secondary N) is 1. The average molecular weight is 208 g/mol. The second-order valence-electron chi connectivity index (χ2n) is 3.21. The number of hydrogen-bond acceptors (Lipinski definition) is 4. The zero-order chi connectivity index (χ0) is 11.0. The van der Waals surface area contributed by atoms with Gasteiger partial charge >= 0.3 is 6.01 Å². The molecule has 6 heteroatoms. The van der Waals surface area contributed by atoms with E-state index in [1.807, 2.05) is 6.92 Å². The van der Waals surface area contributed by atoms with Gasteiger partial charge in [-0.1, -0.05) is 6.92 Å². The van der Waals surface area contributed by atoms with Crippen LogP contribution in [0.2, 0.25) is 0 Å². The lowest BCUT2D eigenvalue weighted by atomic mass is 10.2. The fourth-order valence-corrected chi connectivity index (χ4v) is 1.55. The number of nitrogens with zero attached hydrogens (tertiary/aromatic N) is 3. The molecule has 0 amide bonds. The lowest BCUT2D eigenvalue weighted by Crippen LogP contribution is -2.17. The van der Waals surface area contributed by atoms with Crippen molar-refractivity contribution in [1.29, 1.82) is 0 Å². The molecule has 2 heterocycles. The van der Waals surface area contributed by atoms with Crippen LogP contribution in [0.4, 0.5) is 0 Å². The van der Waals surface area contributed by atoms with E-state index in [0.717, 1.165) is 12.1 Å². The van der Waals surface area contributed by atoms with Gasteiger partial charge in [0, 0.05) is 5.56 Å². The highest BCUT2D eigenvalue weighted by Gasteiger charge is 2.11. The lowest BCUT2D eigenvalue weighted by Gasteiger charge is -2.02. The van der Waals surface area contributed by atoms with E-state index in [1.54, 1.807) is 11.4 Å². The first kappa shape index (κ1) is 9.70. The third kappa shape index (κ3) is 1.38. The number of rotatable bonds is 2. The van der Waals surface area contributed by atoms with Crippen molar-refractivity contribution < 1.29 is 4.74 Å². The van der Waals surface area contributed by atoms with Gasteiger partial charge in [-0.2, -0.15) is 9.50 Å². The highest BCUT2D eigenvalue weighted by Crippen LogP contribution is 2.09. The van der Waals surface area contributed by atoms with E-state index in [9.17, 15) is 4.79 Å². The van der Waals surface area contributed by atoms with Gasteiger partial charge in [-0.3, -0.25) is 9.78 Å². The molecule has 0 bridgehead atoms. The summed E-state index contributed by atoms with van der Waals surface area (Å²) in [5.41, 5.74) is 1.39. The molecule has 0 aliphatic carbocycles. The van der Waals surface area contributed by atoms with Crippen molar-refractivity contribution in [3.63, 3.8) is 0 Å². The minimum Gasteiger partial charge on any atom is -0.466 e. The van der Waals surface area contributed by atoms with E-state index in [0.29, 0.717) is 11.3 Å². The Hall–Kier alpha value is -1.85. The molecule has 0 aliphatic heterocycles. The fourth-order valence-electron chi connectivity index (χ4n) is 1.55. The molecular weight excluding hydrogens is 196 g/mol. The summed E-state index contributed by atoms with van der Waals surface area (Å²) >= 11 is 0. The van der Waals surface area contributed by atoms with E-state index >= 15 is 0 Å². The Bertz CT molecular complexity index is 555. The molecule has 0 aliphatic rings. The van der Waals surface area contributed by atoms with Crippen molar-refractivity contribution in [3.05, 3.63) is 21.6 Å². The number of aryl methyl sites for hydroxylation is 1. The van der Waals surface area contributed by atoms with Gasteiger partial charge in [0.15, 0.2) is 0 Å². The fraction of sp³-hybridized carbons (Fsp3) is 0.444. The molecule has 0 saturated carbocycles. The molecule has 0 radical (unpaired) electrons. The maximum atomic E-state index is 11.5. The second-order valence-corrected chi connectivity index (χ2v) is 3.21. The molecule has 15 heavy (non-hydrogen) atoms. The highest BCUT2D eigenvalue weighted by atomic mass is 16.5. The molecule has 2 rings (SSSR count). The van der Waals surface area contributed by atoms with Crippen LogP contribution in [0.1, 0.15) is 18.2 Å². The summed E-state index contributed by atoms with van der Waals surface area (Å²) in [6.07, 6.45) is 0.721. The van der Waals surface area contributed by atoms with Gasteiger partial charge in [0.05, 0.1) is 12.8 Å². The minimum absolute atomic E-state index is 0.130. The SMILES string of the molecule is CCc1c(C)c(=O)[nH]c2nc(OC)nn12. The van der Waals surface area contributed by atoms with Crippen molar-refractivity contribution >= 4 is 5.78 Å². The van der Waals surface area contributed by atoms with E-state index < -0.39 is 0 Å². The van der Waals surface area contributed by atoms with Crippen molar-refractivity contribution in [2.75, 3.05) is 7.11 Å².